The Labute approximate surface area is 361 Å². The third kappa shape index (κ3) is 16.3. The second-order valence-corrected chi connectivity index (χ2v) is 17.4. The van der Waals surface area contributed by atoms with Crippen LogP contribution < -0.4 is 20.1 Å². The maximum absolute atomic E-state index is 18.5. The summed E-state index contributed by atoms with van der Waals surface area (Å²) < 4.78 is 45.7. The predicted molar refractivity (Wildman–Crippen MR) is 232 cm³/mol. The number of rotatable bonds is 22. The highest BCUT2D eigenvalue weighted by atomic mass is 19.1. The molecule has 0 fully saturated rings. The van der Waals surface area contributed by atoms with Crippen LogP contribution in [0.5, 0.6) is 11.5 Å². The van der Waals surface area contributed by atoms with Crippen LogP contribution in [0, 0.1) is 5.92 Å². The van der Waals surface area contributed by atoms with E-state index in [2.05, 4.69) is 10.6 Å². The number of hydrogen-bond donors (Lipinski definition) is 2. The number of nitrogens with zero attached hydrogens (tertiary/aromatic N) is 2. The number of benzene rings is 3. The molecule has 61 heavy (non-hydrogen) atoms. The molecule has 0 bridgehead atoms. The Morgan fingerprint density at radius 1 is 0.705 bits per heavy atom. The number of methoxy groups -OCH3 is 3. The predicted octanol–water partition coefficient (Wildman–Crippen LogP) is 7.59. The number of carbonyl (C=O) groups is 4. The van der Waals surface area contributed by atoms with Crippen molar-refractivity contribution >= 4 is 23.9 Å². The van der Waals surface area contributed by atoms with Gasteiger partial charge in [-0.25, -0.2) is 14.0 Å². The second-order valence-electron chi connectivity index (χ2n) is 17.4. The van der Waals surface area contributed by atoms with Crippen molar-refractivity contribution in [1.82, 2.24) is 20.4 Å². The fourth-order valence-corrected chi connectivity index (χ4v) is 6.71. The van der Waals surface area contributed by atoms with Crippen molar-refractivity contribution in [1.29, 1.82) is 0 Å². The average molecular weight is 851 g/mol. The topological polar surface area (TPSA) is 145 Å². The van der Waals surface area contributed by atoms with E-state index < -0.39 is 66.1 Å². The summed E-state index contributed by atoms with van der Waals surface area (Å²) in [4.78, 5) is 58.6. The van der Waals surface area contributed by atoms with E-state index in [9.17, 15) is 14.4 Å². The van der Waals surface area contributed by atoms with Crippen LogP contribution in [0.2, 0.25) is 0 Å². The summed E-state index contributed by atoms with van der Waals surface area (Å²) in [6, 6.07) is 21.2. The van der Waals surface area contributed by atoms with Crippen LogP contribution in [0.3, 0.4) is 0 Å². The molecule has 3 amide bonds. The van der Waals surface area contributed by atoms with Crippen LogP contribution >= 0.6 is 0 Å². The van der Waals surface area contributed by atoms with E-state index in [1.165, 1.54) is 7.11 Å². The zero-order valence-corrected chi connectivity index (χ0v) is 37.8. The Morgan fingerprint density at radius 3 is 1.69 bits per heavy atom. The summed E-state index contributed by atoms with van der Waals surface area (Å²) >= 11 is 0. The van der Waals surface area contributed by atoms with E-state index in [0.29, 0.717) is 43.0 Å². The van der Waals surface area contributed by atoms with E-state index in [1.807, 2.05) is 67.3 Å². The number of alkyl halides is 1. The number of carbonyl (C=O) groups excluding carboxylic acids is 4. The minimum Gasteiger partial charge on any atom is -0.497 e. The highest BCUT2D eigenvalue weighted by Gasteiger charge is 2.51. The third-order valence-corrected chi connectivity index (χ3v) is 9.53. The third-order valence-electron chi connectivity index (χ3n) is 9.53. The Morgan fingerprint density at radius 2 is 1.23 bits per heavy atom. The van der Waals surface area contributed by atoms with Gasteiger partial charge in [0.2, 0.25) is 5.91 Å². The van der Waals surface area contributed by atoms with Crippen LogP contribution in [0.25, 0.3) is 0 Å². The van der Waals surface area contributed by atoms with E-state index >= 15 is 9.18 Å². The number of nitrogens with one attached hydrogen (secondary N) is 2. The first kappa shape index (κ1) is 50.1. The van der Waals surface area contributed by atoms with Crippen molar-refractivity contribution in [2.75, 3.05) is 34.6 Å². The largest absolute Gasteiger partial charge is 0.497 e. The first-order chi connectivity index (χ1) is 28.7. The molecule has 0 spiro atoms. The highest BCUT2D eigenvalue weighted by molar-refractivity contribution is 5.94. The molecule has 0 aliphatic rings. The van der Waals surface area contributed by atoms with E-state index in [0.717, 1.165) is 16.0 Å². The van der Waals surface area contributed by atoms with Gasteiger partial charge in [0.25, 0.3) is 11.7 Å². The number of ether oxygens (including phenoxy) is 5. The minimum absolute atomic E-state index is 0.0579. The fraction of sp³-hybridized carbons (Fsp3) is 0.532. The Bertz CT molecular complexity index is 1780. The van der Waals surface area contributed by atoms with Crippen molar-refractivity contribution < 1.29 is 47.3 Å². The molecule has 3 rings (SSSR count). The Kier molecular flexibility index (Phi) is 19.0. The summed E-state index contributed by atoms with van der Waals surface area (Å²) in [5.41, 5.74) is 0.593. The van der Waals surface area contributed by atoms with Crippen LogP contribution in [0.15, 0.2) is 78.9 Å². The molecule has 0 aliphatic carbocycles. The molecule has 0 radical (unpaired) electrons. The molecule has 3 aromatic carbocycles. The van der Waals surface area contributed by atoms with Crippen molar-refractivity contribution in [3.05, 3.63) is 95.6 Å². The molecule has 336 valence electrons. The quantitative estimate of drug-likeness (QED) is 0.0449. The van der Waals surface area contributed by atoms with Gasteiger partial charge in [0, 0.05) is 33.2 Å². The van der Waals surface area contributed by atoms with Crippen molar-refractivity contribution in [2.24, 2.45) is 5.92 Å². The molecule has 0 aliphatic heterocycles. The number of unbranched alkanes of at least 4 members (excludes halogenated alkanes) is 1. The van der Waals surface area contributed by atoms with Crippen molar-refractivity contribution in [3.8, 4) is 11.5 Å². The lowest BCUT2D eigenvalue weighted by Gasteiger charge is -2.42. The molecule has 13 nitrogen and oxygen atoms in total. The molecule has 0 saturated carbocycles. The summed E-state index contributed by atoms with van der Waals surface area (Å²) in [6.45, 7) is 14.3. The van der Waals surface area contributed by atoms with Gasteiger partial charge in [0.05, 0.1) is 20.3 Å². The zero-order valence-electron chi connectivity index (χ0n) is 37.8. The van der Waals surface area contributed by atoms with Crippen LogP contribution in [0.4, 0.5) is 9.18 Å². The minimum atomic E-state index is -3.05. The molecule has 3 atom stereocenters. The van der Waals surface area contributed by atoms with Gasteiger partial charge in [-0.1, -0.05) is 68.4 Å². The molecule has 0 unspecified atom stereocenters. The maximum Gasteiger partial charge on any atom is 0.407 e. The van der Waals surface area contributed by atoms with E-state index in [4.69, 9.17) is 23.7 Å². The normalized spacial score (nSPS) is 13.7. The molecule has 14 heteroatoms. The van der Waals surface area contributed by atoms with Gasteiger partial charge in [-0.3, -0.25) is 19.4 Å². The zero-order chi connectivity index (χ0) is 45.4. The molecule has 3 aromatic rings. The van der Waals surface area contributed by atoms with Crippen molar-refractivity contribution in [3.63, 3.8) is 0 Å². The van der Waals surface area contributed by atoms with Gasteiger partial charge >= 0.3 is 12.1 Å². The number of hydrogen-bond acceptors (Lipinski definition) is 10. The summed E-state index contributed by atoms with van der Waals surface area (Å²) in [5, 5.41) is 5.32. The number of alkyl carbamates (subject to hydrolysis) is 1. The Hall–Kier alpha value is -5.21. The fourth-order valence-electron chi connectivity index (χ4n) is 6.71. The van der Waals surface area contributed by atoms with Gasteiger partial charge in [-0.2, -0.15) is 0 Å². The van der Waals surface area contributed by atoms with E-state index in [-0.39, 0.29) is 18.9 Å². The molecular weight excluding hydrogens is 784 g/mol. The summed E-state index contributed by atoms with van der Waals surface area (Å²) in [5.74, 6) is -4.74. The lowest BCUT2D eigenvalue weighted by molar-refractivity contribution is -0.176. The summed E-state index contributed by atoms with van der Waals surface area (Å²) in [7, 11) is 4.49. The van der Waals surface area contributed by atoms with Crippen molar-refractivity contribution in [2.45, 2.75) is 123 Å². The molecule has 0 aromatic heterocycles. The molecule has 2 N–H and O–H groups in total. The lowest BCUT2D eigenvalue weighted by atomic mass is 9.95. The van der Waals surface area contributed by atoms with Gasteiger partial charge < -0.3 is 34.3 Å². The Balaban J connectivity index is 2.06. The standard InChI is InChI=1S/C47H67FN4O9/c1-33(2)40(51(30-35-20-24-37(58-10)25-21-35)31-36-22-26-38(59-11)27-23-36)41(53)52(32-57-9)47(48,29-34-17-13-12-14-18-34)43(55)50-39(42(54)60-45(3,4)5)19-15-16-28-49-44(56)61-46(6,7)8/h12-14,17-18,20-27,33,39-40H,15-16,19,28-32H2,1-11H3,(H,49,56)(H,50,55)/t39-,40-,47-/m0/s1. The first-order valence-corrected chi connectivity index (χ1v) is 20.7. The smallest absolute Gasteiger partial charge is 0.407 e. The van der Waals surface area contributed by atoms with Crippen LogP contribution in [-0.2, 0) is 48.1 Å². The highest BCUT2D eigenvalue weighted by Crippen LogP contribution is 2.30. The number of amides is 3. The average Bonchev–Trinajstić information content (AvgIpc) is 3.18. The van der Waals surface area contributed by atoms with Gasteiger partial charge in [0.1, 0.15) is 35.5 Å². The number of esters is 1. The van der Waals surface area contributed by atoms with Gasteiger partial charge in [-0.15, -0.1) is 0 Å². The van der Waals surface area contributed by atoms with Crippen LogP contribution in [-0.4, -0.2) is 97.4 Å². The summed E-state index contributed by atoms with van der Waals surface area (Å²) in [6.07, 6.45) is -0.303. The second kappa shape index (κ2) is 23.1. The monoisotopic (exact) mass is 850 g/mol. The first-order valence-electron chi connectivity index (χ1n) is 20.7. The molecular formula is C47H67FN4O9. The SMILES string of the molecule is COCN(C(=O)[C@H](C(C)C)N(Cc1ccc(OC)cc1)Cc1ccc(OC)cc1)[C@@](F)(Cc1ccccc1)C(=O)N[C@@H](CCCCNC(=O)OC(C)(C)C)C(=O)OC(C)(C)C. The lowest BCUT2D eigenvalue weighted by Crippen LogP contribution is -2.65. The maximum atomic E-state index is 18.5. The van der Waals surface area contributed by atoms with Crippen LogP contribution in [0.1, 0.15) is 91.3 Å². The van der Waals surface area contributed by atoms with Gasteiger partial charge in [-0.05, 0) is 108 Å². The molecule has 0 heterocycles. The molecule has 0 saturated heterocycles. The number of halogens is 1. The van der Waals surface area contributed by atoms with E-state index in [1.54, 1.807) is 86.1 Å². The van der Waals surface area contributed by atoms with Gasteiger partial charge in [0.15, 0.2) is 0 Å².